The number of hydrogen-bond donors (Lipinski definition) is 1. The van der Waals surface area contributed by atoms with Gasteiger partial charge in [-0.2, -0.15) is 0 Å². The van der Waals surface area contributed by atoms with Crippen LogP contribution >= 0.6 is 0 Å². The molecule has 4 atom stereocenters. The number of carboxylic acids is 1. The van der Waals surface area contributed by atoms with Gasteiger partial charge < -0.3 is 10.0 Å². The number of carbonyl (C=O) groups is 2. The number of nitrogens with zero attached hydrogens (tertiary/aromatic N) is 2. The van der Waals surface area contributed by atoms with Crippen molar-refractivity contribution >= 4 is 11.9 Å². The fraction of sp³-hybridized carbons (Fsp3) is 0.846. The van der Waals surface area contributed by atoms with E-state index in [-0.39, 0.29) is 11.8 Å². The molecule has 5 nitrogen and oxygen atoms in total. The molecule has 0 aromatic carbocycles. The lowest BCUT2D eigenvalue weighted by molar-refractivity contribution is -0.142. The maximum absolute atomic E-state index is 12.3. The van der Waals surface area contributed by atoms with Crippen molar-refractivity contribution in [3.05, 3.63) is 0 Å². The second-order valence-electron chi connectivity index (χ2n) is 5.91. The summed E-state index contributed by atoms with van der Waals surface area (Å²) in [6, 6.07) is 1.09. The fourth-order valence-electron chi connectivity index (χ4n) is 3.48. The predicted molar refractivity (Wildman–Crippen MR) is 65.0 cm³/mol. The molecule has 0 radical (unpaired) electrons. The molecule has 0 aromatic heterocycles. The minimum Gasteiger partial charge on any atom is -0.481 e. The largest absolute Gasteiger partial charge is 0.481 e. The van der Waals surface area contributed by atoms with Crippen molar-refractivity contribution in [3.63, 3.8) is 0 Å². The normalized spacial score (nSPS) is 39.5. The van der Waals surface area contributed by atoms with Crippen molar-refractivity contribution in [2.75, 3.05) is 20.1 Å². The van der Waals surface area contributed by atoms with Gasteiger partial charge in [0.1, 0.15) is 0 Å². The zero-order chi connectivity index (χ0) is 12.9. The first-order valence-electron chi connectivity index (χ1n) is 6.81. The van der Waals surface area contributed by atoms with Crippen LogP contribution in [0.25, 0.3) is 0 Å². The molecule has 1 N–H and O–H groups in total. The average Bonchev–Trinajstić information content (AvgIpc) is 3.03. The summed E-state index contributed by atoms with van der Waals surface area (Å²) >= 11 is 0. The van der Waals surface area contributed by atoms with Crippen molar-refractivity contribution in [2.24, 2.45) is 11.8 Å². The Bertz CT molecular complexity index is 384. The number of likely N-dealkylation sites (tertiary alicyclic amines) is 1. The molecule has 3 rings (SSSR count). The number of hydrogen-bond acceptors (Lipinski definition) is 3. The van der Waals surface area contributed by atoms with Crippen LogP contribution in [0.3, 0.4) is 0 Å². The number of carbonyl (C=O) groups excluding carboxylic acids is 1. The van der Waals surface area contributed by atoms with E-state index in [4.69, 9.17) is 5.11 Å². The van der Waals surface area contributed by atoms with Crippen LogP contribution in [0.4, 0.5) is 0 Å². The summed E-state index contributed by atoms with van der Waals surface area (Å²) in [6.45, 7) is 1.59. The number of aliphatic carboxylic acids is 1. The first-order chi connectivity index (χ1) is 8.58. The van der Waals surface area contributed by atoms with Crippen LogP contribution < -0.4 is 0 Å². The van der Waals surface area contributed by atoms with E-state index in [1.807, 2.05) is 4.90 Å². The first kappa shape index (κ1) is 12.0. The lowest BCUT2D eigenvalue weighted by Gasteiger charge is -2.26. The Morgan fingerprint density at radius 3 is 2.50 bits per heavy atom. The van der Waals surface area contributed by atoms with Gasteiger partial charge in [0.05, 0.1) is 11.8 Å². The molecule has 3 fully saturated rings. The molecule has 3 aliphatic rings. The summed E-state index contributed by atoms with van der Waals surface area (Å²) in [5, 5.41) is 8.89. The van der Waals surface area contributed by atoms with Gasteiger partial charge in [-0.25, -0.2) is 0 Å². The molecular weight excluding hydrogens is 232 g/mol. The second kappa shape index (κ2) is 4.23. The standard InChI is InChI=1S/C13H20N2O3/c1-14-8-2-3-9(14)7-15(5-4-8)12(16)10-6-11(10)13(17)18/h8-11H,2-7H2,1H3,(H,17,18)/t8?,9?,10-,11+/m1/s1. The number of rotatable bonds is 2. The quantitative estimate of drug-likeness (QED) is 0.773. The maximum Gasteiger partial charge on any atom is 0.307 e. The molecule has 2 heterocycles. The molecule has 2 saturated heterocycles. The highest BCUT2D eigenvalue weighted by atomic mass is 16.4. The average molecular weight is 252 g/mol. The van der Waals surface area contributed by atoms with Crippen LogP contribution in [-0.2, 0) is 9.59 Å². The van der Waals surface area contributed by atoms with Gasteiger partial charge in [0.15, 0.2) is 0 Å². The van der Waals surface area contributed by atoms with Gasteiger partial charge in [0.2, 0.25) is 5.91 Å². The van der Waals surface area contributed by atoms with E-state index in [9.17, 15) is 9.59 Å². The Hall–Kier alpha value is -1.10. The van der Waals surface area contributed by atoms with Gasteiger partial charge in [0.25, 0.3) is 0 Å². The lowest BCUT2D eigenvalue weighted by Crippen LogP contribution is -2.40. The highest BCUT2D eigenvalue weighted by molar-refractivity contribution is 5.89. The third kappa shape index (κ3) is 1.90. The third-order valence-electron chi connectivity index (χ3n) is 4.88. The molecule has 2 unspecified atom stereocenters. The van der Waals surface area contributed by atoms with E-state index in [1.54, 1.807) is 0 Å². The minimum absolute atomic E-state index is 0.0725. The Kier molecular flexibility index (Phi) is 2.81. The molecule has 0 spiro atoms. The molecule has 5 heteroatoms. The van der Waals surface area contributed by atoms with Gasteiger partial charge in [-0.05, 0) is 32.7 Å². The number of carboxylic acid groups (broad SMARTS) is 1. The van der Waals surface area contributed by atoms with E-state index in [1.165, 1.54) is 6.42 Å². The SMILES string of the molecule is CN1C2CCC1CN(C(=O)[C@@H]1C[C@@H]1C(=O)O)CC2. The van der Waals surface area contributed by atoms with Crippen LogP contribution in [-0.4, -0.2) is 59.0 Å². The molecule has 2 aliphatic heterocycles. The van der Waals surface area contributed by atoms with E-state index in [2.05, 4.69) is 11.9 Å². The Labute approximate surface area is 107 Å². The Morgan fingerprint density at radius 2 is 1.83 bits per heavy atom. The fourth-order valence-corrected chi connectivity index (χ4v) is 3.48. The minimum atomic E-state index is -0.818. The predicted octanol–water partition coefficient (Wildman–Crippen LogP) is 0.402. The van der Waals surface area contributed by atoms with Crippen LogP contribution in [0.5, 0.6) is 0 Å². The number of fused-ring (bicyclic) bond motifs is 2. The van der Waals surface area contributed by atoms with Crippen LogP contribution in [0.1, 0.15) is 25.7 Å². The highest BCUT2D eigenvalue weighted by Gasteiger charge is 2.50. The van der Waals surface area contributed by atoms with Gasteiger partial charge in [0, 0.05) is 25.2 Å². The molecular formula is C13H20N2O3. The molecule has 1 saturated carbocycles. The van der Waals surface area contributed by atoms with Gasteiger partial charge in [-0.15, -0.1) is 0 Å². The molecule has 0 aromatic rings. The van der Waals surface area contributed by atoms with Crippen molar-refractivity contribution in [1.82, 2.24) is 9.80 Å². The van der Waals surface area contributed by atoms with E-state index >= 15 is 0 Å². The van der Waals surface area contributed by atoms with E-state index in [0.717, 1.165) is 25.9 Å². The van der Waals surface area contributed by atoms with Crippen molar-refractivity contribution in [2.45, 2.75) is 37.8 Å². The zero-order valence-electron chi connectivity index (χ0n) is 10.7. The maximum atomic E-state index is 12.3. The Balaban J connectivity index is 1.64. The molecule has 1 amide bonds. The molecule has 100 valence electrons. The highest BCUT2D eigenvalue weighted by Crippen LogP contribution is 2.41. The summed E-state index contributed by atoms with van der Waals surface area (Å²) in [5.41, 5.74) is 0. The van der Waals surface area contributed by atoms with Gasteiger partial charge in [-0.1, -0.05) is 0 Å². The summed E-state index contributed by atoms with van der Waals surface area (Å²) in [7, 11) is 2.15. The van der Waals surface area contributed by atoms with Crippen molar-refractivity contribution in [3.8, 4) is 0 Å². The molecule has 1 aliphatic carbocycles. The first-order valence-corrected chi connectivity index (χ1v) is 6.81. The number of amides is 1. The van der Waals surface area contributed by atoms with E-state index < -0.39 is 11.9 Å². The topological polar surface area (TPSA) is 60.9 Å². The van der Waals surface area contributed by atoms with Crippen molar-refractivity contribution in [1.29, 1.82) is 0 Å². The van der Waals surface area contributed by atoms with Crippen LogP contribution in [0, 0.1) is 11.8 Å². The smallest absolute Gasteiger partial charge is 0.307 e. The third-order valence-corrected chi connectivity index (χ3v) is 4.88. The van der Waals surface area contributed by atoms with Crippen molar-refractivity contribution < 1.29 is 14.7 Å². The second-order valence-corrected chi connectivity index (χ2v) is 5.91. The van der Waals surface area contributed by atoms with Crippen LogP contribution in [0.2, 0.25) is 0 Å². The van der Waals surface area contributed by atoms with Gasteiger partial charge in [-0.3, -0.25) is 14.5 Å². The zero-order valence-corrected chi connectivity index (χ0v) is 10.7. The van der Waals surface area contributed by atoms with E-state index in [0.29, 0.717) is 18.5 Å². The summed E-state index contributed by atoms with van der Waals surface area (Å²) < 4.78 is 0. The summed E-state index contributed by atoms with van der Waals surface area (Å²) in [6.07, 6.45) is 3.97. The summed E-state index contributed by atoms with van der Waals surface area (Å²) in [4.78, 5) is 27.4. The monoisotopic (exact) mass is 252 g/mol. The molecule has 2 bridgehead atoms. The van der Waals surface area contributed by atoms with Crippen LogP contribution in [0.15, 0.2) is 0 Å². The molecule has 18 heavy (non-hydrogen) atoms. The Morgan fingerprint density at radius 1 is 1.11 bits per heavy atom. The van der Waals surface area contributed by atoms with Gasteiger partial charge >= 0.3 is 5.97 Å². The summed E-state index contributed by atoms with van der Waals surface area (Å²) in [5.74, 6) is -1.41. The lowest BCUT2D eigenvalue weighted by atomic mass is 10.1. The number of likely N-dealkylation sites (N-methyl/N-ethyl adjacent to an activating group) is 1.